The van der Waals surface area contributed by atoms with Gasteiger partial charge in [-0.05, 0) is 28.4 Å². The Kier molecular flexibility index (Phi) is 5.33. The van der Waals surface area contributed by atoms with Crippen LogP contribution in [0.2, 0.25) is 5.02 Å². The van der Waals surface area contributed by atoms with Crippen molar-refractivity contribution in [2.75, 3.05) is 17.2 Å². The van der Waals surface area contributed by atoms with Crippen LogP contribution in [0.1, 0.15) is 23.7 Å². The average Bonchev–Trinajstić information content (AvgIpc) is 2.82. The average molecular weight is 376 g/mol. The van der Waals surface area contributed by atoms with Crippen LogP contribution in [-0.4, -0.2) is 22.4 Å². The Bertz CT molecular complexity index is 619. The highest BCUT2D eigenvalue weighted by molar-refractivity contribution is 9.11. The van der Waals surface area contributed by atoms with Crippen LogP contribution in [0.25, 0.3) is 0 Å². The number of aromatic nitrogens is 2. The predicted molar refractivity (Wildman–Crippen MR) is 85.8 cm³/mol. The molecule has 0 saturated heterocycles. The molecule has 20 heavy (non-hydrogen) atoms. The van der Waals surface area contributed by atoms with E-state index in [2.05, 4.69) is 43.5 Å². The number of thiazole rings is 1. The van der Waals surface area contributed by atoms with Crippen LogP contribution in [0.4, 0.5) is 10.9 Å². The van der Waals surface area contributed by atoms with Crippen molar-refractivity contribution in [1.29, 1.82) is 0 Å². The smallest absolute Gasteiger partial charge is 0.259 e. The predicted octanol–water partition coefficient (Wildman–Crippen LogP) is 4.03. The Hall–Kier alpha value is -1.18. The lowest BCUT2D eigenvalue weighted by atomic mass is 10.2. The fourth-order valence-corrected chi connectivity index (χ4v) is 2.75. The van der Waals surface area contributed by atoms with E-state index in [1.165, 1.54) is 17.5 Å². The van der Waals surface area contributed by atoms with Crippen LogP contribution in [-0.2, 0) is 0 Å². The van der Waals surface area contributed by atoms with Crippen molar-refractivity contribution >= 4 is 55.7 Å². The molecule has 0 fully saturated rings. The molecule has 0 aliphatic rings. The minimum absolute atomic E-state index is 0.289. The van der Waals surface area contributed by atoms with Crippen molar-refractivity contribution in [3.63, 3.8) is 0 Å². The second-order valence-electron chi connectivity index (χ2n) is 3.90. The van der Waals surface area contributed by atoms with Gasteiger partial charge in [-0.15, -0.1) is 0 Å². The topological polar surface area (TPSA) is 66.9 Å². The summed E-state index contributed by atoms with van der Waals surface area (Å²) in [6.07, 6.45) is 4.09. The maximum Gasteiger partial charge on any atom is 0.259 e. The lowest BCUT2D eigenvalue weighted by Crippen LogP contribution is -2.12. The number of rotatable bonds is 5. The quantitative estimate of drug-likeness (QED) is 0.828. The standard InChI is InChI=1S/C12H12BrClN4OS/c1-2-3-15-10-8(14)4-7(5-16-10)11(19)18-12-17-6-9(13)20-12/h4-6H,2-3H2,1H3,(H,15,16)(H,17,18,19). The number of anilines is 2. The summed E-state index contributed by atoms with van der Waals surface area (Å²) < 4.78 is 0.850. The molecule has 1 amide bonds. The van der Waals surface area contributed by atoms with Gasteiger partial charge in [0.25, 0.3) is 5.91 Å². The monoisotopic (exact) mass is 374 g/mol. The van der Waals surface area contributed by atoms with Gasteiger partial charge < -0.3 is 5.32 Å². The summed E-state index contributed by atoms with van der Waals surface area (Å²) in [5.74, 6) is 0.297. The fourth-order valence-electron chi connectivity index (χ4n) is 1.42. The first-order valence-electron chi connectivity index (χ1n) is 5.92. The molecule has 106 valence electrons. The van der Waals surface area contributed by atoms with E-state index >= 15 is 0 Å². The first-order valence-corrected chi connectivity index (χ1v) is 7.91. The second kappa shape index (κ2) is 7.01. The van der Waals surface area contributed by atoms with Crippen LogP contribution < -0.4 is 10.6 Å². The summed E-state index contributed by atoms with van der Waals surface area (Å²) in [7, 11) is 0. The number of halogens is 2. The third kappa shape index (κ3) is 3.91. The minimum atomic E-state index is -0.289. The van der Waals surface area contributed by atoms with E-state index in [1.807, 2.05) is 0 Å². The summed E-state index contributed by atoms with van der Waals surface area (Å²) in [4.78, 5) is 20.2. The van der Waals surface area contributed by atoms with E-state index in [4.69, 9.17) is 11.6 Å². The van der Waals surface area contributed by atoms with Crippen molar-refractivity contribution in [1.82, 2.24) is 9.97 Å². The molecule has 0 atom stereocenters. The number of nitrogens with zero attached hydrogens (tertiary/aromatic N) is 2. The van der Waals surface area contributed by atoms with Gasteiger partial charge in [0.2, 0.25) is 0 Å². The summed E-state index contributed by atoms with van der Waals surface area (Å²) in [5, 5.41) is 6.72. The van der Waals surface area contributed by atoms with E-state index in [1.54, 1.807) is 12.3 Å². The molecule has 5 nitrogen and oxygen atoms in total. The molecule has 2 N–H and O–H groups in total. The van der Waals surface area contributed by atoms with Gasteiger partial charge in [-0.25, -0.2) is 9.97 Å². The Morgan fingerprint density at radius 2 is 2.25 bits per heavy atom. The maximum atomic E-state index is 12.0. The molecular formula is C12H12BrClN4OS. The number of nitrogens with one attached hydrogen (secondary N) is 2. The zero-order valence-corrected chi connectivity index (χ0v) is 13.8. The first-order chi connectivity index (χ1) is 9.60. The molecule has 0 unspecified atom stereocenters. The molecule has 2 heterocycles. The van der Waals surface area contributed by atoms with Crippen LogP contribution in [0.5, 0.6) is 0 Å². The van der Waals surface area contributed by atoms with Crippen molar-refractivity contribution < 1.29 is 4.79 Å². The summed E-state index contributed by atoms with van der Waals surface area (Å²) in [6.45, 7) is 2.83. The molecule has 0 aromatic carbocycles. The van der Waals surface area contributed by atoms with Crippen molar-refractivity contribution in [3.05, 3.63) is 32.8 Å². The highest BCUT2D eigenvalue weighted by Gasteiger charge is 2.11. The molecule has 2 rings (SSSR count). The number of carbonyl (C=O) groups excluding carboxylic acids is 1. The highest BCUT2D eigenvalue weighted by Crippen LogP contribution is 2.24. The van der Waals surface area contributed by atoms with Crippen molar-refractivity contribution in [3.8, 4) is 0 Å². The maximum absolute atomic E-state index is 12.0. The third-order valence-corrected chi connectivity index (χ3v) is 4.02. The Balaban J connectivity index is 2.08. The van der Waals surface area contributed by atoms with E-state index in [9.17, 15) is 4.79 Å². The molecular weight excluding hydrogens is 364 g/mol. The zero-order chi connectivity index (χ0) is 14.5. The van der Waals surface area contributed by atoms with Crippen molar-refractivity contribution in [2.45, 2.75) is 13.3 Å². The van der Waals surface area contributed by atoms with Gasteiger partial charge in [-0.3, -0.25) is 10.1 Å². The minimum Gasteiger partial charge on any atom is -0.369 e. The number of hydrogen-bond acceptors (Lipinski definition) is 5. The van der Waals surface area contributed by atoms with Crippen LogP contribution >= 0.6 is 38.9 Å². The molecule has 2 aromatic heterocycles. The van der Waals surface area contributed by atoms with E-state index in [0.717, 1.165) is 16.8 Å². The zero-order valence-electron chi connectivity index (χ0n) is 10.6. The van der Waals surface area contributed by atoms with Gasteiger partial charge in [-0.1, -0.05) is 29.9 Å². The van der Waals surface area contributed by atoms with Gasteiger partial charge >= 0.3 is 0 Å². The Morgan fingerprint density at radius 1 is 1.45 bits per heavy atom. The first kappa shape index (κ1) is 15.2. The number of amides is 1. The van der Waals surface area contributed by atoms with Gasteiger partial charge in [0.1, 0.15) is 5.82 Å². The molecule has 0 radical (unpaired) electrons. The molecule has 0 spiro atoms. The van der Waals surface area contributed by atoms with Gasteiger partial charge in [0.15, 0.2) is 5.13 Å². The lowest BCUT2D eigenvalue weighted by Gasteiger charge is -2.07. The van der Waals surface area contributed by atoms with Gasteiger partial charge in [0, 0.05) is 12.7 Å². The highest BCUT2D eigenvalue weighted by atomic mass is 79.9. The Morgan fingerprint density at radius 3 is 2.85 bits per heavy atom. The summed E-state index contributed by atoms with van der Waals surface area (Å²) in [5.41, 5.74) is 0.392. The van der Waals surface area contributed by atoms with E-state index < -0.39 is 0 Å². The van der Waals surface area contributed by atoms with E-state index in [0.29, 0.717) is 21.5 Å². The van der Waals surface area contributed by atoms with Crippen LogP contribution in [0, 0.1) is 0 Å². The number of carbonyl (C=O) groups is 1. The summed E-state index contributed by atoms with van der Waals surface area (Å²) in [6, 6.07) is 1.59. The normalized spacial score (nSPS) is 10.3. The summed E-state index contributed by atoms with van der Waals surface area (Å²) >= 11 is 10.7. The SMILES string of the molecule is CCCNc1ncc(C(=O)Nc2ncc(Br)s2)cc1Cl. The molecule has 0 bridgehead atoms. The molecule has 0 saturated carbocycles. The fraction of sp³-hybridized carbons (Fsp3) is 0.250. The molecule has 8 heteroatoms. The molecule has 0 aliphatic heterocycles. The molecule has 2 aromatic rings. The Labute approximate surface area is 133 Å². The van der Waals surface area contributed by atoms with Crippen LogP contribution in [0.3, 0.4) is 0 Å². The van der Waals surface area contributed by atoms with Crippen molar-refractivity contribution in [2.24, 2.45) is 0 Å². The number of pyridine rings is 1. The second-order valence-corrected chi connectivity index (χ2v) is 6.72. The molecule has 0 aliphatic carbocycles. The van der Waals surface area contributed by atoms with Gasteiger partial charge in [-0.2, -0.15) is 0 Å². The largest absolute Gasteiger partial charge is 0.369 e. The van der Waals surface area contributed by atoms with Gasteiger partial charge in [0.05, 0.1) is 20.6 Å². The van der Waals surface area contributed by atoms with E-state index in [-0.39, 0.29) is 5.91 Å². The number of hydrogen-bond donors (Lipinski definition) is 2. The van der Waals surface area contributed by atoms with Crippen LogP contribution in [0.15, 0.2) is 22.2 Å². The third-order valence-electron chi connectivity index (χ3n) is 2.34. The lowest BCUT2D eigenvalue weighted by molar-refractivity contribution is 0.102.